The molecule has 1 unspecified atom stereocenters. The molecule has 0 spiro atoms. The summed E-state index contributed by atoms with van der Waals surface area (Å²) in [5.41, 5.74) is 1.27. The molecule has 1 heterocycles. The predicted molar refractivity (Wildman–Crippen MR) is 63.9 cm³/mol. The van der Waals surface area contributed by atoms with Crippen LogP contribution in [0.1, 0.15) is 19.8 Å². The standard InChI is InChI=1S/C12H24N2O/c1-3-13-8-11(2)9-14-6-4-12(10-14)5-7-15/h12-13,15H,2-10H2,1H3. The van der Waals surface area contributed by atoms with Crippen molar-refractivity contribution < 1.29 is 5.11 Å². The fourth-order valence-corrected chi connectivity index (χ4v) is 2.15. The SMILES string of the molecule is C=C(CNCC)CN1CCC(CCO)C1. The summed E-state index contributed by atoms with van der Waals surface area (Å²) < 4.78 is 0. The molecule has 2 N–H and O–H groups in total. The van der Waals surface area contributed by atoms with Gasteiger partial charge in [0.1, 0.15) is 0 Å². The van der Waals surface area contributed by atoms with Crippen molar-refractivity contribution in [3.05, 3.63) is 12.2 Å². The normalized spacial score (nSPS) is 22.1. The molecule has 0 radical (unpaired) electrons. The van der Waals surface area contributed by atoms with Gasteiger partial charge in [0.25, 0.3) is 0 Å². The third kappa shape index (κ3) is 4.78. The number of nitrogens with one attached hydrogen (secondary N) is 1. The van der Waals surface area contributed by atoms with Crippen molar-refractivity contribution in [2.24, 2.45) is 5.92 Å². The summed E-state index contributed by atoms with van der Waals surface area (Å²) in [7, 11) is 0. The summed E-state index contributed by atoms with van der Waals surface area (Å²) in [6, 6.07) is 0. The molecule has 3 nitrogen and oxygen atoms in total. The minimum atomic E-state index is 0.330. The van der Waals surface area contributed by atoms with Crippen molar-refractivity contribution in [1.29, 1.82) is 0 Å². The van der Waals surface area contributed by atoms with Gasteiger partial charge in [-0.15, -0.1) is 0 Å². The number of hydrogen-bond donors (Lipinski definition) is 2. The van der Waals surface area contributed by atoms with Crippen molar-refractivity contribution in [3.63, 3.8) is 0 Å². The van der Waals surface area contributed by atoms with Gasteiger partial charge in [0, 0.05) is 26.2 Å². The maximum atomic E-state index is 8.86. The Morgan fingerprint density at radius 1 is 1.60 bits per heavy atom. The lowest BCUT2D eigenvalue weighted by Gasteiger charge is -2.17. The first-order valence-electron chi connectivity index (χ1n) is 5.96. The molecule has 1 rings (SSSR count). The summed E-state index contributed by atoms with van der Waals surface area (Å²) in [4.78, 5) is 2.44. The molecule has 15 heavy (non-hydrogen) atoms. The Morgan fingerprint density at radius 2 is 2.40 bits per heavy atom. The second-order valence-corrected chi connectivity index (χ2v) is 4.43. The molecule has 0 aromatic heterocycles. The predicted octanol–water partition coefficient (Wildman–Crippen LogP) is 0.856. The van der Waals surface area contributed by atoms with Crippen molar-refractivity contribution in [3.8, 4) is 0 Å². The molecular formula is C12H24N2O. The van der Waals surface area contributed by atoms with Gasteiger partial charge < -0.3 is 10.4 Å². The first-order chi connectivity index (χ1) is 7.26. The molecule has 1 aliphatic rings. The second-order valence-electron chi connectivity index (χ2n) is 4.43. The van der Waals surface area contributed by atoms with Gasteiger partial charge in [0.2, 0.25) is 0 Å². The van der Waals surface area contributed by atoms with Crippen LogP contribution in [0.25, 0.3) is 0 Å². The van der Waals surface area contributed by atoms with Crippen LogP contribution in [0.2, 0.25) is 0 Å². The van der Waals surface area contributed by atoms with Gasteiger partial charge in [0.15, 0.2) is 0 Å². The fourth-order valence-electron chi connectivity index (χ4n) is 2.15. The number of rotatable bonds is 7. The van der Waals surface area contributed by atoms with E-state index >= 15 is 0 Å². The highest BCUT2D eigenvalue weighted by molar-refractivity contribution is 5.00. The molecule has 1 atom stereocenters. The van der Waals surface area contributed by atoms with Gasteiger partial charge in [-0.3, -0.25) is 4.90 Å². The number of hydrogen-bond acceptors (Lipinski definition) is 3. The fraction of sp³-hybridized carbons (Fsp3) is 0.833. The Kier molecular flexibility index (Phi) is 5.91. The van der Waals surface area contributed by atoms with Crippen LogP contribution in [0.4, 0.5) is 0 Å². The number of aliphatic hydroxyl groups excluding tert-OH is 1. The minimum absolute atomic E-state index is 0.330. The molecule has 0 aromatic rings. The first kappa shape index (κ1) is 12.7. The quantitative estimate of drug-likeness (QED) is 0.614. The van der Waals surface area contributed by atoms with Gasteiger partial charge in [-0.05, 0) is 37.4 Å². The Morgan fingerprint density at radius 3 is 3.07 bits per heavy atom. The lowest BCUT2D eigenvalue weighted by Crippen LogP contribution is -2.27. The molecular weight excluding hydrogens is 188 g/mol. The van der Waals surface area contributed by atoms with E-state index in [0.29, 0.717) is 12.5 Å². The highest BCUT2D eigenvalue weighted by atomic mass is 16.3. The smallest absolute Gasteiger partial charge is 0.0434 e. The Balaban J connectivity index is 2.15. The van der Waals surface area contributed by atoms with E-state index in [1.807, 2.05) is 0 Å². The summed E-state index contributed by atoms with van der Waals surface area (Å²) in [6.45, 7) is 11.8. The number of likely N-dealkylation sites (N-methyl/N-ethyl adjacent to an activating group) is 1. The molecule has 1 fully saturated rings. The summed E-state index contributed by atoms with van der Waals surface area (Å²) in [6.07, 6.45) is 2.19. The third-order valence-electron chi connectivity index (χ3n) is 2.98. The largest absolute Gasteiger partial charge is 0.396 e. The molecule has 1 aliphatic heterocycles. The lowest BCUT2D eigenvalue weighted by atomic mass is 10.1. The summed E-state index contributed by atoms with van der Waals surface area (Å²) in [5.74, 6) is 0.696. The van der Waals surface area contributed by atoms with Gasteiger partial charge in [-0.1, -0.05) is 13.5 Å². The van der Waals surface area contributed by atoms with Crippen LogP contribution in [-0.2, 0) is 0 Å². The van der Waals surface area contributed by atoms with Crippen LogP contribution < -0.4 is 5.32 Å². The zero-order valence-electron chi connectivity index (χ0n) is 9.84. The lowest BCUT2D eigenvalue weighted by molar-refractivity contribution is 0.253. The van der Waals surface area contributed by atoms with Crippen LogP contribution in [0, 0.1) is 5.92 Å². The van der Waals surface area contributed by atoms with Gasteiger partial charge in [0.05, 0.1) is 0 Å². The molecule has 88 valence electrons. The van der Waals surface area contributed by atoms with Crippen LogP contribution in [0.3, 0.4) is 0 Å². The maximum absolute atomic E-state index is 8.86. The topological polar surface area (TPSA) is 35.5 Å². The number of nitrogens with zero attached hydrogens (tertiary/aromatic N) is 1. The third-order valence-corrected chi connectivity index (χ3v) is 2.98. The maximum Gasteiger partial charge on any atom is 0.0434 e. The summed E-state index contributed by atoms with van der Waals surface area (Å²) in [5, 5.41) is 12.2. The van der Waals surface area contributed by atoms with E-state index in [0.717, 1.165) is 39.1 Å². The average Bonchev–Trinajstić information content (AvgIpc) is 2.63. The Labute approximate surface area is 93.2 Å². The van der Waals surface area contributed by atoms with E-state index in [1.165, 1.54) is 12.0 Å². The van der Waals surface area contributed by atoms with E-state index < -0.39 is 0 Å². The molecule has 0 bridgehead atoms. The highest BCUT2D eigenvalue weighted by Crippen LogP contribution is 2.19. The first-order valence-corrected chi connectivity index (χ1v) is 5.96. The summed E-state index contributed by atoms with van der Waals surface area (Å²) >= 11 is 0. The van der Waals surface area contributed by atoms with Gasteiger partial charge in [-0.25, -0.2) is 0 Å². The van der Waals surface area contributed by atoms with Crippen molar-refractivity contribution in [2.45, 2.75) is 19.8 Å². The second kappa shape index (κ2) is 6.99. The van der Waals surface area contributed by atoms with Crippen LogP contribution in [0.15, 0.2) is 12.2 Å². The van der Waals surface area contributed by atoms with E-state index in [1.54, 1.807) is 0 Å². The molecule has 0 aliphatic carbocycles. The van der Waals surface area contributed by atoms with E-state index in [4.69, 9.17) is 5.11 Å². The Hall–Kier alpha value is -0.380. The van der Waals surface area contributed by atoms with Crippen LogP contribution in [0.5, 0.6) is 0 Å². The van der Waals surface area contributed by atoms with E-state index in [-0.39, 0.29) is 0 Å². The van der Waals surface area contributed by atoms with E-state index in [2.05, 4.69) is 23.7 Å². The van der Waals surface area contributed by atoms with Gasteiger partial charge >= 0.3 is 0 Å². The Bertz CT molecular complexity index is 194. The van der Waals surface area contributed by atoms with Crippen molar-refractivity contribution >= 4 is 0 Å². The van der Waals surface area contributed by atoms with Crippen molar-refractivity contribution in [1.82, 2.24) is 10.2 Å². The molecule has 0 aromatic carbocycles. The van der Waals surface area contributed by atoms with Crippen LogP contribution >= 0.6 is 0 Å². The highest BCUT2D eigenvalue weighted by Gasteiger charge is 2.21. The minimum Gasteiger partial charge on any atom is -0.396 e. The van der Waals surface area contributed by atoms with Crippen LogP contribution in [-0.4, -0.2) is 49.3 Å². The number of aliphatic hydroxyl groups is 1. The van der Waals surface area contributed by atoms with E-state index in [9.17, 15) is 0 Å². The zero-order chi connectivity index (χ0) is 11.1. The zero-order valence-corrected chi connectivity index (χ0v) is 9.84. The molecule has 0 amide bonds. The number of likely N-dealkylation sites (tertiary alicyclic amines) is 1. The monoisotopic (exact) mass is 212 g/mol. The average molecular weight is 212 g/mol. The van der Waals surface area contributed by atoms with Gasteiger partial charge in [-0.2, -0.15) is 0 Å². The molecule has 0 saturated carbocycles. The molecule has 1 saturated heterocycles. The van der Waals surface area contributed by atoms with Crippen molar-refractivity contribution in [2.75, 3.05) is 39.3 Å². The molecule has 3 heteroatoms.